The highest BCUT2D eigenvalue weighted by Gasteiger charge is 2.28. The van der Waals surface area contributed by atoms with Gasteiger partial charge in [0.2, 0.25) is 15.8 Å². The number of nitrogens with zero attached hydrogens (tertiary/aromatic N) is 4. The molecule has 1 amide bonds. The third-order valence-corrected chi connectivity index (χ3v) is 8.26. The van der Waals surface area contributed by atoms with Crippen LogP contribution in [0.3, 0.4) is 0 Å². The molecule has 0 bridgehead atoms. The summed E-state index contributed by atoms with van der Waals surface area (Å²) in [5, 5.41) is 14.5. The number of nitrogens with one attached hydrogen (secondary N) is 2. The van der Waals surface area contributed by atoms with E-state index in [4.69, 9.17) is 4.74 Å². The molecule has 2 aromatic carbocycles. The molecule has 0 aliphatic rings. The second-order valence-electron chi connectivity index (χ2n) is 9.55. The maximum atomic E-state index is 13.4. The zero-order valence-corrected chi connectivity index (χ0v) is 25.1. The molecular weight excluding hydrogens is 579 g/mol. The van der Waals surface area contributed by atoms with Gasteiger partial charge in [0.15, 0.2) is 11.2 Å². The number of aliphatic carboxylic acids is 1. The molecule has 1 aromatic heterocycles. The normalized spacial score (nSPS) is 12.5. The van der Waals surface area contributed by atoms with Crippen molar-refractivity contribution in [1.82, 2.24) is 14.9 Å². The summed E-state index contributed by atoms with van der Waals surface area (Å²) in [6.07, 6.45) is 2.00. The van der Waals surface area contributed by atoms with E-state index in [9.17, 15) is 27.5 Å². The number of carboxylic acid groups (broad SMARTS) is 1. The largest absolute Gasteiger partial charge is 0.480 e. The Morgan fingerprint density at radius 2 is 1.70 bits per heavy atom. The first-order valence-corrected chi connectivity index (χ1v) is 14.9. The summed E-state index contributed by atoms with van der Waals surface area (Å²) in [4.78, 5) is 36.0. The van der Waals surface area contributed by atoms with Crippen LogP contribution in [0.15, 0.2) is 72.3 Å². The van der Waals surface area contributed by atoms with Gasteiger partial charge in [-0.25, -0.2) is 27.4 Å². The molecule has 1 heterocycles. The van der Waals surface area contributed by atoms with E-state index in [1.807, 2.05) is 18.7 Å². The molecule has 2 unspecified atom stereocenters. The lowest BCUT2D eigenvalue weighted by Crippen LogP contribution is -2.34. The smallest absolute Gasteiger partial charge is 0.414 e. The van der Waals surface area contributed by atoms with E-state index < -0.39 is 39.1 Å². The monoisotopic (exact) mass is 614 g/mol. The van der Waals surface area contributed by atoms with Crippen molar-refractivity contribution in [3.05, 3.63) is 78.8 Å². The Hall–Kier alpha value is -4.72. The number of rotatable bonds is 14. The van der Waals surface area contributed by atoms with Crippen LogP contribution in [0.4, 0.5) is 26.6 Å². The van der Waals surface area contributed by atoms with Gasteiger partial charge in [-0.1, -0.05) is 24.8 Å². The van der Waals surface area contributed by atoms with Gasteiger partial charge in [0, 0.05) is 33.6 Å². The quantitative estimate of drug-likeness (QED) is 0.178. The van der Waals surface area contributed by atoms with Crippen molar-refractivity contribution in [3.63, 3.8) is 0 Å². The Morgan fingerprint density at radius 3 is 2.23 bits per heavy atom. The van der Waals surface area contributed by atoms with Gasteiger partial charge >= 0.3 is 12.1 Å². The van der Waals surface area contributed by atoms with Crippen molar-refractivity contribution in [3.8, 4) is 5.75 Å². The number of carbonyl (C=O) groups excluding carboxylic acids is 1. The zero-order valence-electron chi connectivity index (χ0n) is 24.3. The lowest BCUT2D eigenvalue weighted by molar-refractivity contribution is -0.137. The van der Waals surface area contributed by atoms with Crippen molar-refractivity contribution in [2.24, 2.45) is 0 Å². The first kappa shape index (κ1) is 32.8. The molecule has 0 fully saturated rings. The van der Waals surface area contributed by atoms with E-state index in [0.29, 0.717) is 30.4 Å². The van der Waals surface area contributed by atoms with Crippen LogP contribution < -0.4 is 20.3 Å². The molecule has 2 atom stereocenters. The molecule has 3 N–H and O–H groups in total. The minimum atomic E-state index is -4.07. The molecule has 0 saturated heterocycles. The van der Waals surface area contributed by atoms with Gasteiger partial charge in [0.25, 0.3) is 0 Å². The maximum absolute atomic E-state index is 13.4. The van der Waals surface area contributed by atoms with Gasteiger partial charge in [0.1, 0.15) is 17.6 Å². The fraction of sp³-hybridized carbons (Fsp3) is 0.310. The molecule has 230 valence electrons. The van der Waals surface area contributed by atoms with Gasteiger partial charge in [-0.2, -0.15) is 4.98 Å². The second-order valence-corrected chi connectivity index (χ2v) is 11.6. The van der Waals surface area contributed by atoms with E-state index in [1.165, 1.54) is 17.2 Å². The Kier molecular flexibility index (Phi) is 11.0. The third-order valence-electron chi connectivity index (χ3n) is 6.35. The van der Waals surface area contributed by atoms with Crippen molar-refractivity contribution in [1.29, 1.82) is 0 Å². The molecule has 0 spiro atoms. The fourth-order valence-electron chi connectivity index (χ4n) is 3.92. The van der Waals surface area contributed by atoms with Crippen molar-refractivity contribution < 1.29 is 32.2 Å². The molecule has 14 heteroatoms. The molecule has 0 saturated carbocycles. The molecule has 0 aliphatic carbocycles. The summed E-state index contributed by atoms with van der Waals surface area (Å²) in [5.41, 5.74) is 0.739. The summed E-state index contributed by atoms with van der Waals surface area (Å²) in [5.74, 6) is -1.10. The van der Waals surface area contributed by atoms with E-state index >= 15 is 0 Å². The Morgan fingerprint density at radius 1 is 1.07 bits per heavy atom. The van der Waals surface area contributed by atoms with Gasteiger partial charge in [-0.15, -0.1) is 0 Å². The van der Waals surface area contributed by atoms with E-state index in [2.05, 4.69) is 27.2 Å². The summed E-state index contributed by atoms with van der Waals surface area (Å²) in [6, 6.07) is 9.58. The average Bonchev–Trinajstić information content (AvgIpc) is 2.97. The van der Waals surface area contributed by atoms with Gasteiger partial charge in [-0.3, -0.25) is 0 Å². The standard InChI is InChI=1S/C29H35FN6O6S/c1-6-25(43(40,41)22-15-11-20(30)12-16-22)32-24-18-31-28(36(7-2)8-3)34-26(24)33-23(27(37)38)17-19-9-13-21(14-10-19)42-29(39)35(4)5/h6,9-16,18,23,25,32H,1,7-8,17H2,2-5H3,(H,37,38)(H,31,33,34). The van der Waals surface area contributed by atoms with Crippen LogP contribution in [0.5, 0.6) is 5.75 Å². The molecule has 43 heavy (non-hydrogen) atoms. The highest BCUT2D eigenvalue weighted by atomic mass is 32.2. The van der Waals surface area contributed by atoms with Crippen molar-refractivity contribution in [2.75, 3.05) is 42.7 Å². The minimum absolute atomic E-state index is 0.0139. The van der Waals surface area contributed by atoms with E-state index in [0.717, 1.165) is 24.3 Å². The third kappa shape index (κ3) is 8.41. The molecule has 0 aliphatic heterocycles. The maximum Gasteiger partial charge on any atom is 0.414 e. The number of carboxylic acids is 1. The second kappa shape index (κ2) is 14.4. The molecule has 3 aromatic rings. The summed E-state index contributed by atoms with van der Waals surface area (Å²) in [7, 11) is -0.969. The first-order chi connectivity index (χ1) is 20.4. The number of aromatic nitrogens is 2. The van der Waals surface area contributed by atoms with E-state index in [-0.39, 0.29) is 22.8 Å². The zero-order chi connectivity index (χ0) is 31.7. The van der Waals surface area contributed by atoms with Crippen LogP contribution in [-0.2, 0) is 21.1 Å². The highest BCUT2D eigenvalue weighted by Crippen LogP contribution is 2.27. The number of ether oxygens (including phenoxy) is 1. The topological polar surface area (TPSA) is 154 Å². The Balaban J connectivity index is 1.94. The number of hydrogen-bond donors (Lipinski definition) is 3. The summed E-state index contributed by atoms with van der Waals surface area (Å²) < 4.78 is 45.3. The number of amides is 1. The van der Waals surface area contributed by atoms with Crippen molar-refractivity contribution >= 4 is 39.4 Å². The Bertz CT molecular complexity index is 1530. The number of carbonyl (C=O) groups is 2. The van der Waals surface area contributed by atoms with Crippen LogP contribution in [0.25, 0.3) is 0 Å². The predicted molar refractivity (Wildman–Crippen MR) is 162 cm³/mol. The lowest BCUT2D eigenvalue weighted by atomic mass is 10.1. The highest BCUT2D eigenvalue weighted by molar-refractivity contribution is 7.92. The first-order valence-electron chi connectivity index (χ1n) is 13.4. The van der Waals surface area contributed by atoms with Crippen LogP contribution >= 0.6 is 0 Å². The number of anilines is 3. The number of benzene rings is 2. The fourth-order valence-corrected chi connectivity index (χ4v) is 5.26. The van der Waals surface area contributed by atoms with Crippen molar-refractivity contribution in [2.45, 2.75) is 36.6 Å². The van der Waals surface area contributed by atoms with Gasteiger partial charge in [-0.05, 0) is 55.8 Å². The average molecular weight is 615 g/mol. The van der Waals surface area contributed by atoms with Crippen LogP contribution in [-0.4, -0.2) is 79.1 Å². The summed E-state index contributed by atoms with van der Waals surface area (Å²) in [6.45, 7) is 8.60. The van der Waals surface area contributed by atoms with Crippen LogP contribution in [0, 0.1) is 5.82 Å². The molecule has 0 radical (unpaired) electrons. The Labute approximate surface area is 250 Å². The van der Waals surface area contributed by atoms with Gasteiger partial charge in [0.05, 0.1) is 16.8 Å². The lowest BCUT2D eigenvalue weighted by Gasteiger charge is -2.24. The van der Waals surface area contributed by atoms with Crippen LogP contribution in [0.2, 0.25) is 0 Å². The molecule has 12 nitrogen and oxygen atoms in total. The number of sulfone groups is 1. The van der Waals surface area contributed by atoms with E-state index in [1.54, 1.807) is 38.4 Å². The molecule has 3 rings (SSSR count). The minimum Gasteiger partial charge on any atom is -0.480 e. The van der Waals surface area contributed by atoms with Gasteiger partial charge < -0.3 is 30.3 Å². The molecular formula is C29H35FN6O6S. The van der Waals surface area contributed by atoms with Crippen LogP contribution in [0.1, 0.15) is 19.4 Å². The number of halogens is 1. The number of hydrogen-bond acceptors (Lipinski definition) is 10. The predicted octanol–water partition coefficient (Wildman–Crippen LogP) is 4.03. The summed E-state index contributed by atoms with van der Waals surface area (Å²) >= 11 is 0. The SMILES string of the molecule is C=CC(Nc1cnc(N(CC)CC)nc1NC(Cc1ccc(OC(=O)N(C)C)cc1)C(=O)O)S(=O)(=O)c1ccc(F)cc1.